The van der Waals surface area contributed by atoms with Gasteiger partial charge in [0.1, 0.15) is 17.7 Å². The summed E-state index contributed by atoms with van der Waals surface area (Å²) < 4.78 is 30.3. The fraction of sp³-hybridized carbons (Fsp3) is 0.625. The normalized spacial score (nSPS) is 24.5. The van der Waals surface area contributed by atoms with Gasteiger partial charge in [-0.15, -0.1) is 10.2 Å². The Bertz CT molecular complexity index is 1110. The summed E-state index contributed by atoms with van der Waals surface area (Å²) in [6.45, 7) is 4.53. The number of nitrogens with zero attached hydrogens (tertiary/aromatic N) is 5. The first-order chi connectivity index (χ1) is 15.9. The zero-order chi connectivity index (χ0) is 23.0. The molecule has 2 saturated heterocycles. The van der Waals surface area contributed by atoms with Crippen LogP contribution in [0.4, 0.5) is 0 Å². The number of hydrogen-bond donors (Lipinski definition) is 0. The summed E-state index contributed by atoms with van der Waals surface area (Å²) in [6, 6.07) is 6.26. The number of hydrogen-bond acceptors (Lipinski definition) is 5. The van der Waals surface area contributed by atoms with Gasteiger partial charge in [-0.1, -0.05) is 24.1 Å². The van der Waals surface area contributed by atoms with Gasteiger partial charge < -0.3 is 9.47 Å². The van der Waals surface area contributed by atoms with Gasteiger partial charge in [0.15, 0.2) is 0 Å². The SMILES string of the molecule is Cc1ccc(S(=O)(=O)N2CCC[C@H]2C(=O)N2CCCC(c3nnc4n3CCCCC4)C2)cc1. The molecule has 1 aromatic heterocycles. The van der Waals surface area contributed by atoms with E-state index in [2.05, 4.69) is 14.8 Å². The average Bonchev–Trinajstić information content (AvgIpc) is 3.41. The van der Waals surface area contributed by atoms with Crippen LogP contribution in [0.2, 0.25) is 0 Å². The number of piperidine rings is 1. The molecule has 2 aromatic rings. The van der Waals surface area contributed by atoms with Crippen molar-refractivity contribution in [3.63, 3.8) is 0 Å². The molecule has 2 fully saturated rings. The van der Waals surface area contributed by atoms with Crippen molar-refractivity contribution in [1.29, 1.82) is 0 Å². The third-order valence-electron chi connectivity index (χ3n) is 7.35. The maximum atomic E-state index is 13.6. The lowest BCUT2D eigenvalue weighted by Crippen LogP contribution is -2.50. The average molecular weight is 472 g/mol. The van der Waals surface area contributed by atoms with Crippen molar-refractivity contribution in [3.8, 4) is 0 Å². The van der Waals surface area contributed by atoms with Gasteiger partial charge in [-0.3, -0.25) is 4.79 Å². The first kappa shape index (κ1) is 22.5. The largest absolute Gasteiger partial charge is 0.341 e. The van der Waals surface area contributed by atoms with Crippen molar-refractivity contribution in [3.05, 3.63) is 41.5 Å². The quantitative estimate of drug-likeness (QED) is 0.684. The first-order valence-electron chi connectivity index (χ1n) is 12.2. The Morgan fingerprint density at radius 1 is 0.939 bits per heavy atom. The van der Waals surface area contributed by atoms with Crippen LogP contribution in [0.5, 0.6) is 0 Å². The second-order valence-electron chi connectivity index (χ2n) is 9.65. The molecule has 3 aliphatic heterocycles. The van der Waals surface area contributed by atoms with E-state index in [0.29, 0.717) is 32.5 Å². The summed E-state index contributed by atoms with van der Waals surface area (Å²) in [5.74, 6) is 2.16. The fourth-order valence-electron chi connectivity index (χ4n) is 5.53. The smallest absolute Gasteiger partial charge is 0.243 e. The van der Waals surface area contributed by atoms with E-state index < -0.39 is 16.1 Å². The highest BCUT2D eigenvalue weighted by Crippen LogP contribution is 2.32. The molecule has 0 N–H and O–H groups in total. The minimum Gasteiger partial charge on any atom is -0.341 e. The van der Waals surface area contributed by atoms with E-state index in [1.54, 1.807) is 24.3 Å². The van der Waals surface area contributed by atoms with E-state index >= 15 is 0 Å². The highest BCUT2D eigenvalue weighted by Gasteiger charge is 2.42. The highest BCUT2D eigenvalue weighted by molar-refractivity contribution is 7.89. The maximum absolute atomic E-state index is 13.6. The molecular weight excluding hydrogens is 438 g/mol. The molecule has 3 aliphatic rings. The molecule has 1 unspecified atom stereocenters. The molecule has 0 saturated carbocycles. The van der Waals surface area contributed by atoms with Crippen molar-refractivity contribution < 1.29 is 13.2 Å². The van der Waals surface area contributed by atoms with Crippen LogP contribution in [0.15, 0.2) is 29.2 Å². The van der Waals surface area contributed by atoms with Crippen LogP contribution in [-0.4, -0.2) is 64.0 Å². The van der Waals surface area contributed by atoms with Gasteiger partial charge in [0.25, 0.3) is 0 Å². The molecule has 33 heavy (non-hydrogen) atoms. The number of aryl methyl sites for hydroxylation is 2. The van der Waals surface area contributed by atoms with Crippen molar-refractivity contribution in [2.45, 2.75) is 81.7 Å². The van der Waals surface area contributed by atoms with E-state index in [1.165, 1.54) is 10.7 Å². The summed E-state index contributed by atoms with van der Waals surface area (Å²) in [6.07, 6.45) is 7.64. The third-order valence-corrected chi connectivity index (χ3v) is 9.28. The Morgan fingerprint density at radius 3 is 2.55 bits per heavy atom. The van der Waals surface area contributed by atoms with Crippen LogP contribution in [0.25, 0.3) is 0 Å². The molecule has 4 heterocycles. The van der Waals surface area contributed by atoms with Gasteiger partial charge in [0, 0.05) is 38.5 Å². The van der Waals surface area contributed by atoms with Crippen molar-refractivity contribution >= 4 is 15.9 Å². The number of fused-ring (bicyclic) bond motifs is 1. The van der Waals surface area contributed by atoms with E-state index in [-0.39, 0.29) is 16.7 Å². The maximum Gasteiger partial charge on any atom is 0.243 e. The Labute approximate surface area is 196 Å². The zero-order valence-corrected chi connectivity index (χ0v) is 20.1. The van der Waals surface area contributed by atoms with Gasteiger partial charge in [-0.25, -0.2) is 8.42 Å². The molecule has 5 rings (SSSR count). The minimum absolute atomic E-state index is 0.0662. The Morgan fingerprint density at radius 2 is 1.73 bits per heavy atom. The number of rotatable bonds is 4. The number of aromatic nitrogens is 3. The molecule has 178 valence electrons. The number of benzene rings is 1. The topological polar surface area (TPSA) is 88.4 Å². The van der Waals surface area contributed by atoms with E-state index in [9.17, 15) is 13.2 Å². The summed E-state index contributed by atoms with van der Waals surface area (Å²) in [7, 11) is -3.70. The van der Waals surface area contributed by atoms with Gasteiger partial charge in [-0.05, 0) is 57.6 Å². The van der Waals surface area contributed by atoms with Crippen molar-refractivity contribution in [2.75, 3.05) is 19.6 Å². The monoisotopic (exact) mass is 471 g/mol. The van der Waals surface area contributed by atoms with E-state index in [1.807, 2.05) is 11.8 Å². The molecule has 8 nitrogen and oxygen atoms in total. The number of carbonyl (C=O) groups is 1. The Hall–Kier alpha value is -2.26. The van der Waals surface area contributed by atoms with Gasteiger partial charge in [0.05, 0.1) is 4.90 Å². The third kappa shape index (κ3) is 4.33. The van der Waals surface area contributed by atoms with Crippen LogP contribution in [0, 0.1) is 6.92 Å². The molecule has 0 bridgehead atoms. The summed E-state index contributed by atoms with van der Waals surface area (Å²) in [4.78, 5) is 15.7. The first-order valence-corrected chi connectivity index (χ1v) is 13.7. The molecule has 2 atom stereocenters. The van der Waals surface area contributed by atoms with Crippen molar-refractivity contribution in [1.82, 2.24) is 24.0 Å². The molecule has 1 aromatic carbocycles. The van der Waals surface area contributed by atoms with Crippen LogP contribution in [0.1, 0.15) is 68.1 Å². The molecule has 1 amide bonds. The van der Waals surface area contributed by atoms with Gasteiger partial charge in [0.2, 0.25) is 15.9 Å². The number of likely N-dealkylation sites (tertiary alicyclic amines) is 1. The molecule has 0 spiro atoms. The number of carbonyl (C=O) groups excluding carboxylic acids is 1. The predicted octanol–water partition coefficient (Wildman–Crippen LogP) is 2.87. The van der Waals surface area contributed by atoms with Crippen LogP contribution in [0.3, 0.4) is 0 Å². The summed E-state index contributed by atoms with van der Waals surface area (Å²) in [5, 5.41) is 8.97. The highest BCUT2D eigenvalue weighted by atomic mass is 32.2. The van der Waals surface area contributed by atoms with Crippen LogP contribution in [-0.2, 0) is 27.8 Å². The summed E-state index contributed by atoms with van der Waals surface area (Å²) in [5.41, 5.74) is 1.01. The summed E-state index contributed by atoms with van der Waals surface area (Å²) >= 11 is 0. The molecule has 9 heteroatoms. The fourth-order valence-corrected chi connectivity index (χ4v) is 7.18. The van der Waals surface area contributed by atoms with Gasteiger partial charge >= 0.3 is 0 Å². The van der Waals surface area contributed by atoms with Crippen LogP contribution < -0.4 is 0 Å². The second kappa shape index (κ2) is 9.18. The number of sulfonamides is 1. The Balaban J connectivity index is 1.33. The lowest BCUT2D eigenvalue weighted by Gasteiger charge is -2.35. The molecule has 0 radical (unpaired) electrons. The van der Waals surface area contributed by atoms with Crippen molar-refractivity contribution in [2.24, 2.45) is 0 Å². The van der Waals surface area contributed by atoms with Gasteiger partial charge in [-0.2, -0.15) is 4.31 Å². The standard InChI is InChI=1S/C24H33N5O3S/c1-18-10-12-20(13-11-18)33(31,32)29-16-6-8-21(29)24(30)27-14-5-7-19(17-27)23-26-25-22-9-3-2-4-15-28(22)23/h10-13,19,21H,2-9,14-17H2,1H3/t19?,21-/m0/s1. The van der Waals surface area contributed by atoms with Crippen LogP contribution >= 0.6 is 0 Å². The Kier molecular flexibility index (Phi) is 6.26. The van der Waals surface area contributed by atoms with E-state index in [4.69, 9.17) is 0 Å². The lowest BCUT2D eigenvalue weighted by molar-refractivity contribution is -0.135. The lowest BCUT2D eigenvalue weighted by atomic mass is 9.96. The zero-order valence-electron chi connectivity index (χ0n) is 19.3. The minimum atomic E-state index is -3.70. The second-order valence-corrected chi connectivity index (χ2v) is 11.5. The molecular formula is C24H33N5O3S. The number of amides is 1. The predicted molar refractivity (Wildman–Crippen MR) is 124 cm³/mol. The van der Waals surface area contributed by atoms with E-state index in [0.717, 1.165) is 55.9 Å². The molecule has 0 aliphatic carbocycles.